The summed E-state index contributed by atoms with van der Waals surface area (Å²) in [6.07, 6.45) is 18.2. The third-order valence-electron chi connectivity index (χ3n) is 12.6. The maximum atomic E-state index is 10.5. The van der Waals surface area contributed by atoms with Crippen LogP contribution in [0.4, 0.5) is 0 Å². The molecule has 2 aliphatic heterocycles. The molecule has 0 saturated carbocycles. The number of aliphatic hydroxyl groups is 8. The lowest BCUT2D eigenvalue weighted by molar-refractivity contribution is -0.313. The van der Waals surface area contributed by atoms with Crippen molar-refractivity contribution in [2.45, 2.75) is 169 Å². The van der Waals surface area contributed by atoms with Gasteiger partial charge in [-0.2, -0.15) is 0 Å². The summed E-state index contributed by atoms with van der Waals surface area (Å²) in [6.45, 7) is 20.0. The van der Waals surface area contributed by atoms with Crippen LogP contribution in [0, 0.1) is 10.8 Å². The van der Waals surface area contributed by atoms with Crippen LogP contribution in [0.1, 0.15) is 94.9 Å². The van der Waals surface area contributed by atoms with Gasteiger partial charge in [-0.25, -0.2) is 0 Å². The van der Waals surface area contributed by atoms with Gasteiger partial charge < -0.3 is 59.8 Å². The van der Waals surface area contributed by atoms with Crippen molar-refractivity contribution >= 4 is 0 Å². The van der Waals surface area contributed by atoms with Crippen LogP contribution >= 0.6 is 0 Å². The topological polar surface area (TPSA) is 199 Å². The van der Waals surface area contributed by atoms with Gasteiger partial charge in [0.25, 0.3) is 0 Å². The third-order valence-corrected chi connectivity index (χ3v) is 12.6. The van der Waals surface area contributed by atoms with E-state index >= 15 is 0 Å². The number of aliphatic hydroxyl groups excluding tert-OH is 8. The molecule has 2 fully saturated rings. The molecule has 0 radical (unpaired) electrons. The van der Waals surface area contributed by atoms with Crippen LogP contribution in [0.2, 0.25) is 0 Å². The Morgan fingerprint density at radius 2 is 0.844 bits per heavy atom. The predicted octanol–water partition coefficient (Wildman–Crippen LogP) is 6.20. The standard InChI is InChI=1S/C52H76O12/c1-31(17-13-19-33(3)21-23-39-35(5)25-37(27-51(39,7)8)61-49-47(59)45(57)43(55)41(29-53)63-49)15-11-12-16-32(2)18-14-20-34(4)22-24-40-36(6)26-38(28-52(40,9)10)62-50-48(60)46(58)44(56)42(30-54)64-50/h11-24,37-38,41-50,53-60H,25-30H2,1-10H3/b12-11+,17-13+,18-14+,23-21+,24-22+,31-15+,32-16+,33-19+,34-20+/t37?,38?,41-,42-,43-,44-,45-,46+,47+,48-,49-,50-/m1/s1. The second kappa shape index (κ2) is 23.9. The maximum absolute atomic E-state index is 10.5. The van der Waals surface area contributed by atoms with E-state index in [4.69, 9.17) is 18.9 Å². The molecule has 12 atom stereocenters. The summed E-state index contributed by atoms with van der Waals surface area (Å²) < 4.78 is 23.4. The molecule has 2 unspecified atom stereocenters. The van der Waals surface area contributed by atoms with Crippen LogP contribution in [0.5, 0.6) is 0 Å². The van der Waals surface area contributed by atoms with Crippen molar-refractivity contribution in [2.24, 2.45) is 10.8 Å². The van der Waals surface area contributed by atoms with Gasteiger partial charge in [-0.15, -0.1) is 0 Å². The lowest BCUT2D eigenvalue weighted by Gasteiger charge is -2.43. The molecule has 8 N–H and O–H groups in total. The second-order valence-corrected chi connectivity index (χ2v) is 19.3. The molecule has 2 aliphatic carbocycles. The number of rotatable bonds is 16. The summed E-state index contributed by atoms with van der Waals surface area (Å²) in [5.41, 5.74) is 8.72. The zero-order chi connectivity index (χ0) is 47.5. The van der Waals surface area contributed by atoms with E-state index in [-0.39, 0.29) is 23.0 Å². The fraction of sp³-hybridized carbons (Fsp3) is 0.577. The Balaban J connectivity index is 1.25. The minimum Gasteiger partial charge on any atom is -0.394 e. The van der Waals surface area contributed by atoms with E-state index in [1.165, 1.54) is 11.1 Å². The Morgan fingerprint density at radius 1 is 0.516 bits per heavy atom. The molecule has 0 aromatic rings. The average Bonchev–Trinajstić information content (AvgIpc) is 3.21. The average molecular weight is 893 g/mol. The molecule has 0 bridgehead atoms. The smallest absolute Gasteiger partial charge is 0.186 e. The minimum absolute atomic E-state index is 0.226. The SMILES string of the molecule is CC1=C(/C=C/C(C)=C/C=C/C(C)=C/C=C/C=C(C)/C=C/C=C(C)/C=C/C2=C(C)CC(O[C@@H]3O[C@H](CO)[C@@H](O)[C@H](O)[C@H]3O)CC2(C)C)C(C)(C)CC(O[C@@H]2O[C@H](CO)[C@@H](O)[C@@H](O)[C@@H]2O)C1. The van der Waals surface area contributed by atoms with Gasteiger partial charge in [0.1, 0.15) is 48.8 Å². The first-order valence-corrected chi connectivity index (χ1v) is 22.5. The van der Waals surface area contributed by atoms with E-state index in [9.17, 15) is 40.9 Å². The van der Waals surface area contributed by atoms with Crippen molar-refractivity contribution in [1.82, 2.24) is 0 Å². The Morgan fingerprint density at radius 3 is 1.17 bits per heavy atom. The van der Waals surface area contributed by atoms with Gasteiger partial charge in [-0.3, -0.25) is 0 Å². The van der Waals surface area contributed by atoms with Crippen molar-refractivity contribution in [3.63, 3.8) is 0 Å². The molecule has 0 amide bonds. The van der Waals surface area contributed by atoms with Crippen molar-refractivity contribution in [1.29, 1.82) is 0 Å². The Bertz CT molecular complexity index is 1780. The summed E-state index contributed by atoms with van der Waals surface area (Å²) in [4.78, 5) is 0. The number of hydrogen-bond acceptors (Lipinski definition) is 12. The quantitative estimate of drug-likeness (QED) is 0.0819. The van der Waals surface area contributed by atoms with Gasteiger partial charge in [0.15, 0.2) is 12.6 Å². The van der Waals surface area contributed by atoms with E-state index in [1.54, 1.807) is 0 Å². The van der Waals surface area contributed by atoms with Gasteiger partial charge in [-0.05, 0) is 89.2 Å². The fourth-order valence-electron chi connectivity index (χ4n) is 9.00. The van der Waals surface area contributed by atoms with Gasteiger partial charge >= 0.3 is 0 Å². The maximum Gasteiger partial charge on any atom is 0.186 e. The molecule has 64 heavy (non-hydrogen) atoms. The Hall–Kier alpha value is -3.34. The third kappa shape index (κ3) is 14.6. The van der Waals surface area contributed by atoms with E-state index in [1.807, 2.05) is 24.3 Å². The minimum atomic E-state index is -1.47. The molecule has 12 nitrogen and oxygen atoms in total. The molecule has 0 aromatic carbocycles. The van der Waals surface area contributed by atoms with Crippen LogP contribution in [-0.4, -0.2) is 128 Å². The van der Waals surface area contributed by atoms with E-state index in [0.29, 0.717) is 25.7 Å². The second-order valence-electron chi connectivity index (χ2n) is 19.3. The van der Waals surface area contributed by atoms with Crippen molar-refractivity contribution in [2.75, 3.05) is 13.2 Å². The largest absolute Gasteiger partial charge is 0.394 e. The molecule has 356 valence electrons. The molecule has 0 spiro atoms. The summed E-state index contributed by atoms with van der Waals surface area (Å²) in [5, 5.41) is 80.6. The summed E-state index contributed by atoms with van der Waals surface area (Å²) in [7, 11) is 0. The molecule has 12 heteroatoms. The fourth-order valence-corrected chi connectivity index (χ4v) is 9.00. The van der Waals surface area contributed by atoms with E-state index in [2.05, 4.69) is 130 Å². The highest BCUT2D eigenvalue weighted by Gasteiger charge is 2.47. The Kier molecular flexibility index (Phi) is 19.9. The highest BCUT2D eigenvalue weighted by atomic mass is 16.7. The normalized spacial score (nSPS) is 35.1. The van der Waals surface area contributed by atoms with Crippen LogP contribution in [0.3, 0.4) is 0 Å². The molecule has 2 heterocycles. The van der Waals surface area contributed by atoms with Crippen LogP contribution in [0.15, 0.2) is 130 Å². The van der Waals surface area contributed by atoms with Gasteiger partial charge in [0, 0.05) is 0 Å². The van der Waals surface area contributed by atoms with E-state index in [0.717, 1.165) is 33.4 Å². The van der Waals surface area contributed by atoms with Crippen LogP contribution in [-0.2, 0) is 18.9 Å². The molecular formula is C52H76O12. The summed E-state index contributed by atoms with van der Waals surface area (Å²) in [5.74, 6) is 0. The first-order valence-electron chi connectivity index (χ1n) is 22.5. The molecule has 4 aliphatic rings. The van der Waals surface area contributed by atoms with E-state index < -0.39 is 74.6 Å². The first kappa shape index (κ1) is 53.3. The summed E-state index contributed by atoms with van der Waals surface area (Å²) in [6, 6.07) is 0. The highest BCUT2D eigenvalue weighted by molar-refractivity contribution is 5.39. The summed E-state index contributed by atoms with van der Waals surface area (Å²) >= 11 is 0. The monoisotopic (exact) mass is 893 g/mol. The van der Waals surface area contributed by atoms with Crippen molar-refractivity contribution < 1.29 is 59.8 Å². The van der Waals surface area contributed by atoms with Gasteiger partial charge in [-0.1, -0.05) is 146 Å². The van der Waals surface area contributed by atoms with Crippen molar-refractivity contribution in [3.05, 3.63) is 130 Å². The van der Waals surface area contributed by atoms with Gasteiger partial charge in [0.2, 0.25) is 0 Å². The lowest BCUT2D eigenvalue weighted by atomic mass is 9.71. The van der Waals surface area contributed by atoms with Crippen LogP contribution in [0.25, 0.3) is 0 Å². The highest BCUT2D eigenvalue weighted by Crippen LogP contribution is 2.44. The zero-order valence-corrected chi connectivity index (χ0v) is 39.5. The Labute approximate surface area is 381 Å². The molecular weight excluding hydrogens is 817 g/mol. The number of hydrogen-bond donors (Lipinski definition) is 8. The molecule has 2 saturated heterocycles. The van der Waals surface area contributed by atoms with Gasteiger partial charge in [0.05, 0.1) is 25.4 Å². The zero-order valence-electron chi connectivity index (χ0n) is 39.5. The number of allylic oxidation sites excluding steroid dienone is 20. The van der Waals surface area contributed by atoms with Crippen LogP contribution < -0.4 is 0 Å². The van der Waals surface area contributed by atoms with Crippen molar-refractivity contribution in [3.8, 4) is 0 Å². The first-order chi connectivity index (χ1) is 30.1. The molecule has 4 rings (SSSR count). The predicted molar refractivity (Wildman–Crippen MR) is 249 cm³/mol. The lowest BCUT2D eigenvalue weighted by Crippen LogP contribution is -2.59. The molecule has 0 aromatic heterocycles. The number of ether oxygens (including phenoxy) is 4.